The summed E-state index contributed by atoms with van der Waals surface area (Å²) in [5.74, 6) is 0. The lowest BCUT2D eigenvalue weighted by atomic mass is 9.84. The van der Waals surface area contributed by atoms with E-state index in [0.29, 0.717) is 11.5 Å². The lowest BCUT2D eigenvalue weighted by Crippen LogP contribution is -2.56. The molecule has 4 nitrogen and oxygen atoms in total. The van der Waals surface area contributed by atoms with Crippen LogP contribution < -0.4 is 5.32 Å². The summed E-state index contributed by atoms with van der Waals surface area (Å²) in [6.45, 7) is 16.6. The molecule has 4 heteroatoms. The fourth-order valence-electron chi connectivity index (χ4n) is 3.09. The molecule has 0 bridgehead atoms. The van der Waals surface area contributed by atoms with Gasteiger partial charge in [0.2, 0.25) is 0 Å². The van der Waals surface area contributed by atoms with E-state index < -0.39 is 0 Å². The fraction of sp³-hybridized carbons (Fsp3) is 0.812. The molecule has 114 valence electrons. The quantitative estimate of drug-likeness (QED) is 0.917. The standard InChI is InChI=1S/C16H30N4/c1-6-13-10-14(20(7-2)18-13)12-19-9-8-17-11-15(19)16(3,4)5/h10,15,17H,6-9,11-12H2,1-5H3. The third-order valence-electron chi connectivity index (χ3n) is 4.29. The minimum absolute atomic E-state index is 0.304. The van der Waals surface area contributed by atoms with E-state index in [0.717, 1.165) is 39.1 Å². The molecular weight excluding hydrogens is 248 g/mol. The molecule has 1 aromatic rings. The molecule has 0 aliphatic carbocycles. The molecule has 1 N–H and O–H groups in total. The third kappa shape index (κ3) is 3.41. The minimum Gasteiger partial charge on any atom is -0.314 e. The van der Waals surface area contributed by atoms with Gasteiger partial charge in [-0.05, 0) is 24.8 Å². The molecule has 1 saturated heterocycles. The van der Waals surface area contributed by atoms with Crippen molar-refractivity contribution in [3.63, 3.8) is 0 Å². The molecule has 1 atom stereocenters. The number of aryl methyl sites for hydroxylation is 2. The molecule has 1 aromatic heterocycles. The van der Waals surface area contributed by atoms with Crippen LogP contribution in [-0.4, -0.2) is 40.4 Å². The van der Waals surface area contributed by atoms with Gasteiger partial charge in [-0.2, -0.15) is 5.10 Å². The van der Waals surface area contributed by atoms with Crippen molar-refractivity contribution in [1.29, 1.82) is 0 Å². The van der Waals surface area contributed by atoms with Crippen molar-refractivity contribution in [2.45, 2.75) is 60.2 Å². The highest BCUT2D eigenvalue weighted by atomic mass is 15.3. The number of nitrogens with zero attached hydrogens (tertiary/aromatic N) is 3. The van der Waals surface area contributed by atoms with Crippen molar-refractivity contribution in [2.75, 3.05) is 19.6 Å². The SMILES string of the molecule is CCc1cc(CN2CCNCC2C(C)(C)C)n(CC)n1. The normalized spacial score (nSPS) is 21.4. The lowest BCUT2D eigenvalue weighted by molar-refractivity contribution is 0.0666. The van der Waals surface area contributed by atoms with E-state index >= 15 is 0 Å². The average Bonchev–Trinajstić information content (AvgIpc) is 2.80. The Bertz CT molecular complexity index is 430. The molecule has 1 aliphatic heterocycles. The highest BCUT2D eigenvalue weighted by Gasteiger charge is 2.32. The lowest BCUT2D eigenvalue weighted by Gasteiger charge is -2.43. The Labute approximate surface area is 123 Å². The summed E-state index contributed by atoms with van der Waals surface area (Å²) < 4.78 is 2.17. The van der Waals surface area contributed by atoms with Gasteiger partial charge in [0.25, 0.3) is 0 Å². The topological polar surface area (TPSA) is 33.1 Å². The van der Waals surface area contributed by atoms with Crippen LogP contribution in [0.15, 0.2) is 6.07 Å². The van der Waals surface area contributed by atoms with Crippen molar-refractivity contribution < 1.29 is 0 Å². The summed E-state index contributed by atoms with van der Waals surface area (Å²) in [6.07, 6.45) is 1.02. The van der Waals surface area contributed by atoms with Crippen LogP contribution in [0.5, 0.6) is 0 Å². The molecule has 0 aromatic carbocycles. The molecule has 2 heterocycles. The van der Waals surface area contributed by atoms with Crippen molar-refractivity contribution >= 4 is 0 Å². The second-order valence-electron chi connectivity index (χ2n) is 6.85. The van der Waals surface area contributed by atoms with E-state index in [2.05, 4.69) is 60.7 Å². The van der Waals surface area contributed by atoms with Crippen LogP contribution in [0.1, 0.15) is 46.0 Å². The number of hydrogen-bond donors (Lipinski definition) is 1. The Kier molecular flexibility index (Phi) is 4.86. The summed E-state index contributed by atoms with van der Waals surface area (Å²) in [7, 11) is 0. The highest BCUT2D eigenvalue weighted by Crippen LogP contribution is 2.26. The Hall–Kier alpha value is -0.870. The highest BCUT2D eigenvalue weighted by molar-refractivity contribution is 5.11. The van der Waals surface area contributed by atoms with Crippen molar-refractivity contribution in [1.82, 2.24) is 20.0 Å². The summed E-state index contributed by atoms with van der Waals surface area (Å²) in [5, 5.41) is 8.21. The Balaban J connectivity index is 2.16. The third-order valence-corrected chi connectivity index (χ3v) is 4.29. The second-order valence-corrected chi connectivity index (χ2v) is 6.85. The first-order valence-corrected chi connectivity index (χ1v) is 7.96. The zero-order valence-electron chi connectivity index (χ0n) is 13.7. The summed E-state index contributed by atoms with van der Waals surface area (Å²) in [4.78, 5) is 2.62. The minimum atomic E-state index is 0.304. The number of aromatic nitrogens is 2. The largest absolute Gasteiger partial charge is 0.314 e. The van der Waals surface area contributed by atoms with Gasteiger partial charge in [0.1, 0.15) is 0 Å². The Morgan fingerprint density at radius 2 is 2.10 bits per heavy atom. The first-order valence-electron chi connectivity index (χ1n) is 7.96. The van der Waals surface area contributed by atoms with Crippen LogP contribution in [0.2, 0.25) is 0 Å². The van der Waals surface area contributed by atoms with Gasteiger partial charge in [-0.3, -0.25) is 9.58 Å². The van der Waals surface area contributed by atoms with Gasteiger partial charge < -0.3 is 5.32 Å². The van der Waals surface area contributed by atoms with E-state index in [1.807, 2.05) is 0 Å². The first kappa shape index (κ1) is 15.5. The maximum Gasteiger partial charge on any atom is 0.0625 e. The molecule has 0 amide bonds. The van der Waals surface area contributed by atoms with Gasteiger partial charge in [-0.15, -0.1) is 0 Å². The van der Waals surface area contributed by atoms with Crippen LogP contribution >= 0.6 is 0 Å². The van der Waals surface area contributed by atoms with Gasteiger partial charge in [0.05, 0.1) is 11.4 Å². The zero-order chi connectivity index (χ0) is 14.8. The molecule has 1 fully saturated rings. The van der Waals surface area contributed by atoms with Crippen molar-refractivity contribution in [3.05, 3.63) is 17.5 Å². The van der Waals surface area contributed by atoms with Gasteiger partial charge >= 0.3 is 0 Å². The first-order chi connectivity index (χ1) is 9.45. The van der Waals surface area contributed by atoms with Crippen molar-refractivity contribution in [3.8, 4) is 0 Å². The summed E-state index contributed by atoms with van der Waals surface area (Å²) >= 11 is 0. The summed E-state index contributed by atoms with van der Waals surface area (Å²) in [5.41, 5.74) is 2.88. The Morgan fingerprint density at radius 1 is 1.35 bits per heavy atom. The van der Waals surface area contributed by atoms with E-state index in [4.69, 9.17) is 0 Å². The molecule has 0 saturated carbocycles. The number of hydrogen-bond acceptors (Lipinski definition) is 3. The van der Waals surface area contributed by atoms with Crippen LogP contribution in [0.3, 0.4) is 0 Å². The van der Waals surface area contributed by atoms with Gasteiger partial charge in [-0.1, -0.05) is 27.7 Å². The van der Waals surface area contributed by atoms with Crippen LogP contribution in [0.4, 0.5) is 0 Å². The molecule has 0 radical (unpaired) electrons. The maximum absolute atomic E-state index is 4.67. The molecular formula is C16H30N4. The molecule has 1 unspecified atom stereocenters. The second kappa shape index (κ2) is 6.27. The molecule has 2 rings (SSSR count). The average molecular weight is 278 g/mol. The molecule has 0 spiro atoms. The van der Waals surface area contributed by atoms with E-state index in [1.165, 1.54) is 11.4 Å². The van der Waals surface area contributed by atoms with Crippen LogP contribution in [0.25, 0.3) is 0 Å². The zero-order valence-corrected chi connectivity index (χ0v) is 13.7. The molecule has 1 aliphatic rings. The van der Waals surface area contributed by atoms with Crippen LogP contribution in [0, 0.1) is 5.41 Å². The predicted molar refractivity (Wildman–Crippen MR) is 83.8 cm³/mol. The Morgan fingerprint density at radius 3 is 2.70 bits per heavy atom. The van der Waals surface area contributed by atoms with E-state index in [9.17, 15) is 0 Å². The van der Waals surface area contributed by atoms with E-state index in [1.54, 1.807) is 0 Å². The maximum atomic E-state index is 4.67. The fourth-order valence-corrected chi connectivity index (χ4v) is 3.09. The van der Waals surface area contributed by atoms with Gasteiger partial charge in [0, 0.05) is 38.8 Å². The predicted octanol–water partition coefficient (Wildman–Crippen LogP) is 2.29. The smallest absolute Gasteiger partial charge is 0.0625 e. The monoisotopic (exact) mass is 278 g/mol. The number of nitrogens with one attached hydrogen (secondary N) is 1. The summed E-state index contributed by atoms with van der Waals surface area (Å²) in [6, 6.07) is 2.87. The van der Waals surface area contributed by atoms with Crippen molar-refractivity contribution in [2.24, 2.45) is 5.41 Å². The van der Waals surface area contributed by atoms with Gasteiger partial charge in [-0.25, -0.2) is 0 Å². The number of piperazine rings is 1. The molecule has 20 heavy (non-hydrogen) atoms. The van der Waals surface area contributed by atoms with Gasteiger partial charge in [0.15, 0.2) is 0 Å². The number of rotatable bonds is 4. The van der Waals surface area contributed by atoms with E-state index in [-0.39, 0.29) is 0 Å². The van der Waals surface area contributed by atoms with Crippen LogP contribution in [-0.2, 0) is 19.5 Å².